The van der Waals surface area contributed by atoms with Gasteiger partial charge in [-0.1, -0.05) is 36.3 Å². The van der Waals surface area contributed by atoms with Gasteiger partial charge in [0.05, 0.1) is 10.7 Å². The monoisotopic (exact) mass is 343 g/mol. The molecular weight excluding hydrogens is 326 g/mol. The Labute approximate surface area is 143 Å². The van der Waals surface area contributed by atoms with Crippen LogP contribution in [-0.4, -0.2) is 21.1 Å². The Morgan fingerprint density at radius 3 is 2.58 bits per heavy atom. The summed E-state index contributed by atoms with van der Waals surface area (Å²) in [5, 5.41) is 4.76. The minimum atomic E-state index is -0.426. The van der Waals surface area contributed by atoms with Gasteiger partial charge in [0.25, 0.3) is 5.89 Å². The van der Waals surface area contributed by atoms with Gasteiger partial charge in [0.1, 0.15) is 4.88 Å². The molecule has 0 atom stereocenters. The van der Waals surface area contributed by atoms with Crippen LogP contribution in [0.1, 0.15) is 38.8 Å². The standard InChI is InChI=1S/C17H17N3O3S/c1-4-12-5-7-13(8-6-12)16-19-14(23-20-16)9-22-17(21)15-10(2)18-11(3)24-15/h5-8H,4,9H2,1-3H3. The van der Waals surface area contributed by atoms with E-state index in [1.165, 1.54) is 16.9 Å². The van der Waals surface area contributed by atoms with E-state index in [4.69, 9.17) is 9.26 Å². The van der Waals surface area contributed by atoms with Crippen LogP contribution in [0.4, 0.5) is 0 Å². The Morgan fingerprint density at radius 1 is 1.21 bits per heavy atom. The molecule has 0 aliphatic rings. The first-order valence-corrected chi connectivity index (χ1v) is 8.41. The third-order valence-electron chi connectivity index (χ3n) is 3.50. The zero-order valence-electron chi connectivity index (χ0n) is 13.7. The number of benzene rings is 1. The van der Waals surface area contributed by atoms with Gasteiger partial charge < -0.3 is 9.26 Å². The van der Waals surface area contributed by atoms with Gasteiger partial charge in [-0.15, -0.1) is 11.3 Å². The lowest BCUT2D eigenvalue weighted by molar-refractivity contribution is 0.0434. The molecule has 124 valence electrons. The normalized spacial score (nSPS) is 10.8. The lowest BCUT2D eigenvalue weighted by atomic mass is 10.1. The summed E-state index contributed by atoms with van der Waals surface area (Å²) in [6.07, 6.45) is 0.976. The lowest BCUT2D eigenvalue weighted by Crippen LogP contribution is -2.05. The van der Waals surface area contributed by atoms with Crippen molar-refractivity contribution in [3.63, 3.8) is 0 Å². The maximum absolute atomic E-state index is 12.1. The average molecular weight is 343 g/mol. The van der Waals surface area contributed by atoms with Gasteiger partial charge in [-0.3, -0.25) is 0 Å². The first-order chi connectivity index (χ1) is 11.6. The van der Waals surface area contributed by atoms with E-state index in [1.807, 2.05) is 31.2 Å². The van der Waals surface area contributed by atoms with Crippen LogP contribution >= 0.6 is 11.3 Å². The molecule has 2 aromatic heterocycles. The molecule has 6 nitrogen and oxygen atoms in total. The predicted octanol–water partition coefficient (Wildman–Crippen LogP) is 3.73. The van der Waals surface area contributed by atoms with Gasteiger partial charge in [0.15, 0.2) is 6.61 Å². The van der Waals surface area contributed by atoms with Gasteiger partial charge in [-0.05, 0) is 25.8 Å². The Bertz CT molecular complexity index is 852. The van der Waals surface area contributed by atoms with E-state index in [0.717, 1.165) is 17.0 Å². The number of aromatic nitrogens is 3. The van der Waals surface area contributed by atoms with Crippen molar-refractivity contribution in [3.05, 3.63) is 51.3 Å². The Hall–Kier alpha value is -2.54. The highest BCUT2D eigenvalue weighted by molar-refractivity contribution is 7.13. The molecule has 0 spiro atoms. The van der Waals surface area contributed by atoms with Gasteiger partial charge in [0.2, 0.25) is 5.82 Å². The third kappa shape index (κ3) is 3.51. The van der Waals surface area contributed by atoms with Crippen molar-refractivity contribution < 1.29 is 14.1 Å². The molecule has 0 unspecified atom stereocenters. The number of esters is 1. The van der Waals surface area contributed by atoms with E-state index in [9.17, 15) is 4.79 Å². The summed E-state index contributed by atoms with van der Waals surface area (Å²) in [5.74, 6) is 0.315. The fraction of sp³-hybridized carbons (Fsp3) is 0.294. The summed E-state index contributed by atoms with van der Waals surface area (Å²) in [4.78, 5) is 21.0. The molecule has 0 fully saturated rings. The Morgan fingerprint density at radius 2 is 1.96 bits per heavy atom. The topological polar surface area (TPSA) is 78.1 Å². The van der Waals surface area contributed by atoms with Crippen LogP contribution < -0.4 is 0 Å². The smallest absolute Gasteiger partial charge is 0.350 e. The fourth-order valence-electron chi connectivity index (χ4n) is 2.23. The number of hydrogen-bond acceptors (Lipinski definition) is 7. The van der Waals surface area contributed by atoms with E-state index >= 15 is 0 Å². The number of hydrogen-bond donors (Lipinski definition) is 0. The molecule has 0 aliphatic carbocycles. The number of ether oxygens (including phenoxy) is 1. The largest absolute Gasteiger partial charge is 0.451 e. The molecule has 3 rings (SSSR count). The van der Waals surface area contributed by atoms with Gasteiger partial charge in [-0.2, -0.15) is 4.98 Å². The summed E-state index contributed by atoms with van der Waals surface area (Å²) in [6.45, 7) is 5.67. The quantitative estimate of drug-likeness (QED) is 0.657. The second-order valence-electron chi connectivity index (χ2n) is 5.29. The van der Waals surface area contributed by atoms with Crippen molar-refractivity contribution in [2.45, 2.75) is 33.8 Å². The zero-order chi connectivity index (χ0) is 17.1. The van der Waals surface area contributed by atoms with Crippen LogP contribution in [0.3, 0.4) is 0 Å². The summed E-state index contributed by atoms with van der Waals surface area (Å²) < 4.78 is 10.4. The third-order valence-corrected chi connectivity index (χ3v) is 4.56. The van der Waals surface area contributed by atoms with Crippen molar-refractivity contribution in [3.8, 4) is 11.4 Å². The minimum absolute atomic E-state index is 0.0603. The molecule has 0 bridgehead atoms. The van der Waals surface area contributed by atoms with Crippen LogP contribution in [0, 0.1) is 13.8 Å². The summed E-state index contributed by atoms with van der Waals surface area (Å²) in [6, 6.07) is 7.95. The van der Waals surface area contributed by atoms with E-state index in [0.29, 0.717) is 16.4 Å². The number of aryl methyl sites for hydroxylation is 3. The molecule has 0 saturated heterocycles. The molecule has 3 aromatic rings. The number of thiazole rings is 1. The second kappa shape index (κ2) is 6.92. The van der Waals surface area contributed by atoms with Crippen LogP contribution in [0.15, 0.2) is 28.8 Å². The molecule has 0 saturated carbocycles. The van der Waals surface area contributed by atoms with Crippen LogP contribution in [0.5, 0.6) is 0 Å². The first kappa shape index (κ1) is 16.3. The highest BCUT2D eigenvalue weighted by Gasteiger charge is 2.17. The van der Waals surface area contributed by atoms with E-state index in [-0.39, 0.29) is 12.5 Å². The Balaban J connectivity index is 1.65. The van der Waals surface area contributed by atoms with E-state index in [1.54, 1.807) is 6.92 Å². The molecule has 0 radical (unpaired) electrons. The van der Waals surface area contributed by atoms with E-state index < -0.39 is 5.97 Å². The van der Waals surface area contributed by atoms with E-state index in [2.05, 4.69) is 22.0 Å². The number of rotatable bonds is 5. The first-order valence-electron chi connectivity index (χ1n) is 7.60. The van der Waals surface area contributed by atoms with Crippen LogP contribution in [0.25, 0.3) is 11.4 Å². The number of carbonyl (C=O) groups is 1. The highest BCUT2D eigenvalue weighted by atomic mass is 32.1. The fourth-order valence-corrected chi connectivity index (χ4v) is 3.05. The molecule has 0 N–H and O–H groups in total. The van der Waals surface area contributed by atoms with Crippen molar-refractivity contribution in [2.24, 2.45) is 0 Å². The van der Waals surface area contributed by atoms with Gasteiger partial charge in [0, 0.05) is 5.56 Å². The SMILES string of the molecule is CCc1ccc(-c2noc(COC(=O)c3sc(C)nc3C)n2)cc1. The second-order valence-corrected chi connectivity index (χ2v) is 6.49. The van der Waals surface area contributed by atoms with Crippen LogP contribution in [-0.2, 0) is 17.8 Å². The maximum atomic E-state index is 12.1. The van der Waals surface area contributed by atoms with Crippen molar-refractivity contribution >= 4 is 17.3 Å². The lowest BCUT2D eigenvalue weighted by Gasteiger charge is -1.99. The van der Waals surface area contributed by atoms with Crippen molar-refractivity contribution in [1.82, 2.24) is 15.1 Å². The van der Waals surface area contributed by atoms with Crippen LogP contribution in [0.2, 0.25) is 0 Å². The molecule has 24 heavy (non-hydrogen) atoms. The molecular formula is C17H17N3O3S. The zero-order valence-corrected chi connectivity index (χ0v) is 14.5. The molecule has 0 amide bonds. The van der Waals surface area contributed by atoms with Gasteiger partial charge in [-0.25, -0.2) is 9.78 Å². The highest BCUT2D eigenvalue weighted by Crippen LogP contribution is 2.20. The summed E-state index contributed by atoms with van der Waals surface area (Å²) >= 11 is 1.31. The molecule has 0 aliphatic heterocycles. The number of carbonyl (C=O) groups excluding carboxylic acids is 1. The minimum Gasteiger partial charge on any atom is -0.451 e. The predicted molar refractivity (Wildman–Crippen MR) is 89.8 cm³/mol. The molecule has 1 aromatic carbocycles. The summed E-state index contributed by atoms with van der Waals surface area (Å²) in [5.41, 5.74) is 2.78. The average Bonchev–Trinajstić information content (AvgIpc) is 3.19. The van der Waals surface area contributed by atoms with Crippen molar-refractivity contribution in [2.75, 3.05) is 0 Å². The summed E-state index contributed by atoms with van der Waals surface area (Å²) in [7, 11) is 0. The number of nitrogens with zero attached hydrogens (tertiary/aromatic N) is 3. The molecule has 2 heterocycles. The Kier molecular flexibility index (Phi) is 4.71. The maximum Gasteiger partial charge on any atom is 0.350 e. The molecule has 7 heteroatoms. The van der Waals surface area contributed by atoms with Gasteiger partial charge >= 0.3 is 5.97 Å². The van der Waals surface area contributed by atoms with Crippen molar-refractivity contribution in [1.29, 1.82) is 0 Å².